The standard InChI is InChI=1S/C20H28N2O4/c1-19(2,3)25-17(23)16-11-13(14-9-7-8-10-15(14)21)12-22(16)18(24)26-20(4,5)6/h7-10,12,16H,11,21H2,1-6H3/t16-/m0/s1. The van der Waals surface area contributed by atoms with Gasteiger partial charge in [0.05, 0.1) is 0 Å². The molecule has 1 heterocycles. The highest BCUT2D eigenvalue weighted by atomic mass is 16.6. The third-order valence-electron chi connectivity index (χ3n) is 3.63. The lowest BCUT2D eigenvalue weighted by molar-refractivity contribution is -0.159. The van der Waals surface area contributed by atoms with Crippen LogP contribution in [0.4, 0.5) is 10.5 Å². The number of para-hydroxylation sites is 1. The highest BCUT2D eigenvalue weighted by molar-refractivity contribution is 5.90. The number of hydrogen-bond acceptors (Lipinski definition) is 5. The minimum atomic E-state index is -0.779. The number of nitrogen functional groups attached to an aromatic ring is 1. The number of rotatable bonds is 2. The zero-order chi connectivity index (χ0) is 19.7. The van der Waals surface area contributed by atoms with Crippen LogP contribution < -0.4 is 5.73 Å². The van der Waals surface area contributed by atoms with E-state index in [1.54, 1.807) is 53.8 Å². The van der Waals surface area contributed by atoms with Crippen LogP contribution in [0, 0.1) is 0 Å². The van der Waals surface area contributed by atoms with Crippen molar-refractivity contribution in [1.29, 1.82) is 0 Å². The molecular formula is C20H28N2O4. The number of esters is 1. The van der Waals surface area contributed by atoms with Gasteiger partial charge in [-0.15, -0.1) is 0 Å². The molecular weight excluding hydrogens is 332 g/mol. The molecule has 0 saturated carbocycles. The summed E-state index contributed by atoms with van der Waals surface area (Å²) in [5.74, 6) is -0.468. The molecule has 142 valence electrons. The fourth-order valence-corrected chi connectivity index (χ4v) is 2.65. The Balaban J connectivity index is 2.34. The lowest BCUT2D eigenvalue weighted by Gasteiger charge is -2.29. The number of anilines is 1. The molecule has 1 aromatic carbocycles. The Labute approximate surface area is 154 Å². The van der Waals surface area contributed by atoms with Crippen molar-refractivity contribution in [2.75, 3.05) is 5.73 Å². The maximum atomic E-state index is 12.7. The predicted octanol–water partition coefficient (Wildman–Crippen LogP) is 3.96. The van der Waals surface area contributed by atoms with Gasteiger partial charge in [-0.05, 0) is 53.2 Å². The highest BCUT2D eigenvalue weighted by Gasteiger charge is 2.39. The van der Waals surface area contributed by atoms with Crippen molar-refractivity contribution < 1.29 is 19.1 Å². The van der Waals surface area contributed by atoms with E-state index in [9.17, 15) is 9.59 Å². The van der Waals surface area contributed by atoms with E-state index in [1.165, 1.54) is 4.90 Å². The van der Waals surface area contributed by atoms with Gasteiger partial charge in [0.2, 0.25) is 0 Å². The van der Waals surface area contributed by atoms with Crippen molar-refractivity contribution in [3.63, 3.8) is 0 Å². The van der Waals surface area contributed by atoms with Gasteiger partial charge in [-0.1, -0.05) is 18.2 Å². The molecule has 0 saturated heterocycles. The second-order valence-electron chi connectivity index (χ2n) is 8.38. The first kappa shape index (κ1) is 19.8. The maximum Gasteiger partial charge on any atom is 0.415 e. The Morgan fingerprint density at radius 3 is 2.15 bits per heavy atom. The van der Waals surface area contributed by atoms with Crippen molar-refractivity contribution in [2.24, 2.45) is 0 Å². The lowest BCUT2D eigenvalue weighted by Crippen LogP contribution is -2.44. The number of hydrogen-bond donors (Lipinski definition) is 1. The average Bonchev–Trinajstić information content (AvgIpc) is 2.89. The van der Waals surface area contributed by atoms with Gasteiger partial charge in [-0.3, -0.25) is 4.90 Å². The molecule has 1 aromatic rings. The smallest absolute Gasteiger partial charge is 0.415 e. The average molecular weight is 360 g/mol. The Morgan fingerprint density at radius 2 is 1.62 bits per heavy atom. The second-order valence-corrected chi connectivity index (χ2v) is 8.38. The van der Waals surface area contributed by atoms with E-state index in [1.807, 2.05) is 18.2 Å². The minimum absolute atomic E-state index is 0.322. The largest absolute Gasteiger partial charge is 0.458 e. The molecule has 1 amide bonds. The normalized spacial score (nSPS) is 17.7. The monoisotopic (exact) mass is 360 g/mol. The first-order valence-corrected chi connectivity index (χ1v) is 8.67. The van der Waals surface area contributed by atoms with E-state index in [4.69, 9.17) is 15.2 Å². The molecule has 0 bridgehead atoms. The third-order valence-corrected chi connectivity index (χ3v) is 3.63. The zero-order valence-corrected chi connectivity index (χ0v) is 16.3. The van der Waals surface area contributed by atoms with Crippen LogP contribution in [0.15, 0.2) is 30.5 Å². The van der Waals surface area contributed by atoms with Crippen molar-refractivity contribution in [3.8, 4) is 0 Å². The van der Waals surface area contributed by atoms with Crippen molar-refractivity contribution >= 4 is 23.3 Å². The molecule has 1 aliphatic rings. The minimum Gasteiger partial charge on any atom is -0.458 e. The maximum absolute atomic E-state index is 12.7. The highest BCUT2D eigenvalue weighted by Crippen LogP contribution is 2.34. The molecule has 0 spiro atoms. The van der Waals surface area contributed by atoms with Gasteiger partial charge in [0.1, 0.15) is 17.2 Å². The van der Waals surface area contributed by atoms with Gasteiger partial charge in [-0.2, -0.15) is 0 Å². The number of ether oxygens (including phenoxy) is 2. The summed E-state index contributed by atoms with van der Waals surface area (Å²) in [5, 5.41) is 0. The summed E-state index contributed by atoms with van der Waals surface area (Å²) in [5.41, 5.74) is 6.92. The second kappa shape index (κ2) is 7.02. The number of carbonyl (C=O) groups excluding carboxylic acids is 2. The zero-order valence-electron chi connectivity index (χ0n) is 16.3. The molecule has 2 rings (SSSR count). The summed E-state index contributed by atoms with van der Waals surface area (Å²) >= 11 is 0. The molecule has 0 unspecified atom stereocenters. The Morgan fingerprint density at radius 1 is 1.04 bits per heavy atom. The van der Waals surface area contributed by atoms with Crippen LogP contribution >= 0.6 is 0 Å². The van der Waals surface area contributed by atoms with E-state index in [-0.39, 0.29) is 0 Å². The fourth-order valence-electron chi connectivity index (χ4n) is 2.65. The quantitative estimate of drug-likeness (QED) is 0.638. The molecule has 2 N–H and O–H groups in total. The summed E-state index contributed by atoms with van der Waals surface area (Å²) in [4.78, 5) is 26.6. The van der Waals surface area contributed by atoms with Crippen LogP contribution in [0.1, 0.15) is 53.5 Å². The van der Waals surface area contributed by atoms with E-state index >= 15 is 0 Å². The number of nitrogens with zero attached hydrogens (tertiary/aromatic N) is 1. The first-order chi connectivity index (χ1) is 11.9. The number of amides is 1. The molecule has 6 heteroatoms. The number of nitrogens with two attached hydrogens (primary N) is 1. The van der Waals surface area contributed by atoms with Gasteiger partial charge in [0.15, 0.2) is 0 Å². The third kappa shape index (κ3) is 5.00. The summed E-state index contributed by atoms with van der Waals surface area (Å²) in [6.45, 7) is 10.7. The summed E-state index contributed by atoms with van der Waals surface area (Å²) in [6.07, 6.45) is 1.37. The van der Waals surface area contributed by atoms with Crippen molar-refractivity contribution in [3.05, 3.63) is 36.0 Å². The van der Waals surface area contributed by atoms with Gasteiger partial charge in [-0.25, -0.2) is 9.59 Å². The van der Waals surface area contributed by atoms with Crippen molar-refractivity contribution in [2.45, 2.75) is 65.2 Å². The SMILES string of the molecule is CC(C)(C)OC(=O)[C@@H]1CC(c2ccccc2N)=CN1C(=O)OC(C)(C)C. The van der Waals surface area contributed by atoms with E-state index in [0.29, 0.717) is 12.1 Å². The summed E-state index contributed by atoms with van der Waals surface area (Å²) < 4.78 is 10.9. The van der Waals surface area contributed by atoms with Crippen LogP contribution in [0.25, 0.3) is 5.57 Å². The topological polar surface area (TPSA) is 81.9 Å². The molecule has 0 aromatic heterocycles. The number of carbonyl (C=O) groups is 2. The molecule has 0 radical (unpaired) electrons. The van der Waals surface area contributed by atoms with Gasteiger partial charge < -0.3 is 15.2 Å². The Hall–Kier alpha value is -2.50. The van der Waals surface area contributed by atoms with Gasteiger partial charge in [0.25, 0.3) is 0 Å². The molecule has 6 nitrogen and oxygen atoms in total. The molecule has 1 aliphatic heterocycles. The van der Waals surface area contributed by atoms with Crippen molar-refractivity contribution in [1.82, 2.24) is 4.90 Å². The Kier molecular flexibility index (Phi) is 5.35. The Bertz CT molecular complexity index is 726. The summed E-state index contributed by atoms with van der Waals surface area (Å²) in [6, 6.07) is 6.58. The van der Waals surface area contributed by atoms with Crippen LogP contribution in [-0.4, -0.2) is 34.2 Å². The van der Waals surface area contributed by atoms with E-state index in [2.05, 4.69) is 0 Å². The molecule has 26 heavy (non-hydrogen) atoms. The van der Waals surface area contributed by atoms with Crippen LogP contribution in [0.3, 0.4) is 0 Å². The van der Waals surface area contributed by atoms with Crippen LogP contribution in [0.2, 0.25) is 0 Å². The lowest BCUT2D eigenvalue weighted by atomic mass is 10.0. The number of benzene rings is 1. The first-order valence-electron chi connectivity index (χ1n) is 8.67. The van der Waals surface area contributed by atoms with Gasteiger partial charge >= 0.3 is 12.1 Å². The van der Waals surface area contributed by atoms with E-state index in [0.717, 1.165) is 11.1 Å². The van der Waals surface area contributed by atoms with Crippen LogP contribution in [-0.2, 0) is 14.3 Å². The predicted molar refractivity (Wildman–Crippen MR) is 101 cm³/mol. The van der Waals surface area contributed by atoms with E-state index < -0.39 is 29.3 Å². The molecule has 1 atom stereocenters. The van der Waals surface area contributed by atoms with Crippen LogP contribution in [0.5, 0.6) is 0 Å². The summed E-state index contributed by atoms with van der Waals surface area (Å²) in [7, 11) is 0. The molecule has 0 aliphatic carbocycles. The molecule has 0 fully saturated rings. The fraction of sp³-hybridized carbons (Fsp3) is 0.500. The van der Waals surface area contributed by atoms with Gasteiger partial charge in [0, 0.05) is 23.9 Å².